The number of nitrogens with zero attached hydrogens (tertiary/aromatic N) is 5. The minimum atomic E-state index is -0.0344. The summed E-state index contributed by atoms with van der Waals surface area (Å²) in [5, 5.41) is 5.74. The maximum absolute atomic E-state index is 12.2. The van der Waals surface area contributed by atoms with E-state index in [1.54, 1.807) is 6.20 Å². The number of carbonyl (C=O) groups excluding carboxylic acids is 1. The van der Waals surface area contributed by atoms with E-state index in [0.717, 1.165) is 53.2 Å². The van der Waals surface area contributed by atoms with Gasteiger partial charge in [-0.3, -0.25) is 4.79 Å². The fraction of sp³-hybridized carbons (Fsp3) is 0.200. The molecule has 1 amide bonds. The van der Waals surface area contributed by atoms with Crippen molar-refractivity contribution in [1.82, 2.24) is 24.6 Å². The van der Waals surface area contributed by atoms with Gasteiger partial charge in [0.05, 0.1) is 18.0 Å². The highest BCUT2D eigenvalue weighted by Gasteiger charge is 2.28. The van der Waals surface area contributed by atoms with Gasteiger partial charge >= 0.3 is 0 Å². The Labute approximate surface area is 186 Å². The third-order valence-electron chi connectivity index (χ3n) is 5.74. The Morgan fingerprint density at radius 2 is 1.91 bits per heavy atom. The summed E-state index contributed by atoms with van der Waals surface area (Å²) >= 11 is 0. The zero-order chi connectivity index (χ0) is 21.9. The molecule has 160 valence electrons. The van der Waals surface area contributed by atoms with Crippen LogP contribution in [-0.4, -0.2) is 43.1 Å². The molecule has 1 fully saturated rings. The first kappa shape index (κ1) is 19.9. The average molecular weight is 425 g/mol. The fourth-order valence-corrected chi connectivity index (χ4v) is 4.20. The average Bonchev–Trinajstić information content (AvgIpc) is 3.45. The van der Waals surface area contributed by atoms with Gasteiger partial charge in [-0.15, -0.1) is 0 Å². The molecule has 1 saturated heterocycles. The van der Waals surface area contributed by atoms with Crippen LogP contribution in [0.5, 0.6) is 11.5 Å². The molecule has 1 aliphatic rings. The summed E-state index contributed by atoms with van der Waals surface area (Å²) in [6, 6.07) is 17.6. The molecule has 1 aliphatic heterocycles. The lowest BCUT2D eigenvalue weighted by atomic mass is 10.1. The van der Waals surface area contributed by atoms with Gasteiger partial charge in [-0.1, -0.05) is 24.8 Å². The number of carbonyl (C=O) groups is 1. The Kier molecular flexibility index (Phi) is 5.37. The van der Waals surface area contributed by atoms with Gasteiger partial charge in [-0.05, 0) is 55.3 Å². The molecule has 32 heavy (non-hydrogen) atoms. The monoisotopic (exact) mass is 425 g/mol. The summed E-state index contributed by atoms with van der Waals surface area (Å²) in [5.41, 5.74) is 2.53. The highest BCUT2D eigenvalue weighted by molar-refractivity contribution is 5.90. The van der Waals surface area contributed by atoms with Crippen molar-refractivity contribution in [2.24, 2.45) is 0 Å². The van der Waals surface area contributed by atoms with Crippen LogP contribution in [0.4, 0.5) is 0 Å². The molecule has 0 saturated carbocycles. The van der Waals surface area contributed by atoms with Gasteiger partial charge in [0.25, 0.3) is 0 Å². The largest absolute Gasteiger partial charge is 0.457 e. The third-order valence-corrected chi connectivity index (χ3v) is 5.74. The minimum absolute atomic E-state index is 0.0344. The molecule has 0 aliphatic carbocycles. The Morgan fingerprint density at radius 3 is 2.69 bits per heavy atom. The van der Waals surface area contributed by atoms with E-state index in [-0.39, 0.29) is 11.9 Å². The predicted molar refractivity (Wildman–Crippen MR) is 122 cm³/mol. The Balaban J connectivity index is 1.44. The smallest absolute Gasteiger partial charge is 0.246 e. The highest BCUT2D eigenvalue weighted by atomic mass is 16.5. The molecular weight excluding hydrogens is 402 g/mol. The Hall–Kier alpha value is -4.00. The lowest BCUT2D eigenvalue weighted by Gasteiger charge is -2.23. The normalized spacial score (nSPS) is 15.8. The maximum atomic E-state index is 12.2. The first-order valence-electron chi connectivity index (χ1n) is 10.7. The van der Waals surface area contributed by atoms with Gasteiger partial charge in [0, 0.05) is 18.3 Å². The topological polar surface area (TPSA) is 73.1 Å². The zero-order valence-corrected chi connectivity index (χ0v) is 17.6. The quantitative estimate of drug-likeness (QED) is 0.427. The summed E-state index contributed by atoms with van der Waals surface area (Å²) in [5.74, 6) is 1.51. The predicted octanol–water partition coefficient (Wildman–Crippen LogP) is 4.46. The van der Waals surface area contributed by atoms with E-state index in [2.05, 4.69) is 16.5 Å². The molecule has 4 aromatic rings. The lowest BCUT2D eigenvalue weighted by Crippen LogP contribution is -2.37. The Morgan fingerprint density at radius 1 is 1.12 bits per heavy atom. The van der Waals surface area contributed by atoms with Crippen molar-refractivity contribution in [1.29, 1.82) is 0 Å². The number of hydrogen-bond donors (Lipinski definition) is 0. The van der Waals surface area contributed by atoms with Crippen LogP contribution in [0.3, 0.4) is 0 Å². The molecule has 0 N–H and O–H groups in total. The molecule has 5 rings (SSSR count). The van der Waals surface area contributed by atoms with Crippen molar-refractivity contribution in [2.75, 3.05) is 6.54 Å². The van der Waals surface area contributed by atoms with E-state index in [1.165, 1.54) is 12.4 Å². The number of amides is 1. The van der Waals surface area contributed by atoms with E-state index in [1.807, 2.05) is 64.2 Å². The molecule has 0 unspecified atom stereocenters. The second kappa shape index (κ2) is 8.63. The van der Waals surface area contributed by atoms with Crippen LogP contribution >= 0.6 is 0 Å². The van der Waals surface area contributed by atoms with Crippen LogP contribution in [-0.2, 0) is 11.3 Å². The van der Waals surface area contributed by atoms with Gasteiger partial charge in [-0.25, -0.2) is 14.6 Å². The number of para-hydroxylation sites is 1. The van der Waals surface area contributed by atoms with Crippen molar-refractivity contribution in [3.05, 3.63) is 79.8 Å². The van der Waals surface area contributed by atoms with Crippen molar-refractivity contribution in [2.45, 2.75) is 25.4 Å². The van der Waals surface area contributed by atoms with Gasteiger partial charge in [0.15, 0.2) is 5.65 Å². The van der Waals surface area contributed by atoms with Crippen LogP contribution < -0.4 is 4.74 Å². The summed E-state index contributed by atoms with van der Waals surface area (Å²) in [7, 11) is 0. The van der Waals surface area contributed by atoms with Crippen LogP contribution in [0, 0.1) is 0 Å². The number of ether oxygens (including phenoxy) is 1. The second-order valence-corrected chi connectivity index (χ2v) is 7.76. The number of aromatic nitrogens is 4. The first-order chi connectivity index (χ1) is 15.7. The van der Waals surface area contributed by atoms with E-state index in [9.17, 15) is 4.79 Å². The lowest BCUT2D eigenvalue weighted by molar-refractivity contribution is -0.127. The summed E-state index contributed by atoms with van der Waals surface area (Å²) < 4.78 is 7.79. The zero-order valence-electron chi connectivity index (χ0n) is 17.6. The van der Waals surface area contributed by atoms with E-state index in [0.29, 0.717) is 6.54 Å². The summed E-state index contributed by atoms with van der Waals surface area (Å²) in [6.45, 7) is 4.96. The number of hydrogen-bond acceptors (Lipinski definition) is 5. The van der Waals surface area contributed by atoms with Gasteiger partial charge in [0.1, 0.15) is 23.5 Å². The van der Waals surface area contributed by atoms with Crippen LogP contribution in [0.1, 0.15) is 12.8 Å². The molecule has 7 nitrogen and oxygen atoms in total. The van der Waals surface area contributed by atoms with E-state index >= 15 is 0 Å². The van der Waals surface area contributed by atoms with Crippen LogP contribution in [0.15, 0.2) is 79.8 Å². The molecule has 7 heteroatoms. The molecule has 0 radical (unpaired) electrons. The van der Waals surface area contributed by atoms with Crippen LogP contribution in [0.2, 0.25) is 0 Å². The minimum Gasteiger partial charge on any atom is -0.457 e. The van der Waals surface area contributed by atoms with Crippen molar-refractivity contribution in [3.63, 3.8) is 0 Å². The molecule has 2 aromatic carbocycles. The summed E-state index contributed by atoms with van der Waals surface area (Å²) in [4.78, 5) is 22.8. The third kappa shape index (κ3) is 3.85. The molecule has 1 atom stereocenters. The number of fused-ring (bicyclic) bond motifs is 1. The number of benzene rings is 2. The first-order valence-corrected chi connectivity index (χ1v) is 10.7. The molecular formula is C25H23N5O2. The summed E-state index contributed by atoms with van der Waals surface area (Å²) in [6.07, 6.45) is 6.62. The van der Waals surface area contributed by atoms with E-state index in [4.69, 9.17) is 9.84 Å². The highest BCUT2D eigenvalue weighted by Crippen LogP contribution is 2.30. The maximum Gasteiger partial charge on any atom is 0.246 e. The van der Waals surface area contributed by atoms with Gasteiger partial charge in [0.2, 0.25) is 5.91 Å². The molecule has 3 heterocycles. The second-order valence-electron chi connectivity index (χ2n) is 7.76. The van der Waals surface area contributed by atoms with Crippen LogP contribution in [0.25, 0.3) is 22.3 Å². The SMILES string of the molecule is C=CC(=O)N1CCC[C@H]1Cn1nc(-c2ccc(Oc3ccccc3)cc2)c2cncnc21. The number of likely N-dealkylation sites (tertiary alicyclic amines) is 1. The van der Waals surface area contributed by atoms with Gasteiger partial charge in [-0.2, -0.15) is 5.10 Å². The van der Waals surface area contributed by atoms with Crippen molar-refractivity contribution >= 4 is 16.9 Å². The van der Waals surface area contributed by atoms with Crippen molar-refractivity contribution < 1.29 is 9.53 Å². The van der Waals surface area contributed by atoms with Gasteiger partial charge < -0.3 is 9.64 Å². The van der Waals surface area contributed by atoms with E-state index < -0.39 is 0 Å². The molecule has 0 spiro atoms. The fourth-order valence-electron chi connectivity index (χ4n) is 4.20. The molecule has 2 aromatic heterocycles. The molecule has 0 bridgehead atoms. The number of rotatable bonds is 6. The Bertz CT molecular complexity index is 1250. The standard InChI is InChI=1S/C25H23N5O2/c1-2-23(31)29-14-6-7-19(29)16-30-25-22(15-26-17-27-25)24(28-30)18-10-12-21(13-11-18)32-20-8-4-3-5-9-20/h2-5,8-13,15,17,19H,1,6-7,14,16H2/t19-/m0/s1. The van der Waals surface area contributed by atoms with Crippen molar-refractivity contribution in [3.8, 4) is 22.8 Å².